The third-order valence-corrected chi connectivity index (χ3v) is 6.82. The first-order chi connectivity index (χ1) is 18.7. The van der Waals surface area contributed by atoms with E-state index >= 15 is 0 Å². The molecule has 39 heavy (non-hydrogen) atoms. The van der Waals surface area contributed by atoms with Gasteiger partial charge in [0.15, 0.2) is 0 Å². The number of halogens is 3. The van der Waals surface area contributed by atoms with Gasteiger partial charge in [-0.1, -0.05) is 48.0 Å². The molecule has 0 aliphatic carbocycles. The molecule has 10 heteroatoms. The van der Waals surface area contributed by atoms with Crippen LogP contribution in [0.4, 0.5) is 18.9 Å². The summed E-state index contributed by atoms with van der Waals surface area (Å²) < 4.78 is 40.0. The van der Waals surface area contributed by atoms with Gasteiger partial charge in [0.1, 0.15) is 5.69 Å². The third kappa shape index (κ3) is 5.84. The highest BCUT2D eigenvalue weighted by Crippen LogP contribution is 2.29. The van der Waals surface area contributed by atoms with Crippen LogP contribution in [0.1, 0.15) is 50.9 Å². The molecule has 0 spiro atoms. The van der Waals surface area contributed by atoms with Crippen molar-refractivity contribution < 1.29 is 22.8 Å². The summed E-state index contributed by atoms with van der Waals surface area (Å²) in [6, 6.07) is 17.4. The summed E-state index contributed by atoms with van der Waals surface area (Å²) in [6.45, 7) is 2.87. The molecule has 1 aliphatic heterocycles. The second-order valence-electron chi connectivity index (χ2n) is 9.53. The summed E-state index contributed by atoms with van der Waals surface area (Å²) >= 11 is 0. The van der Waals surface area contributed by atoms with Crippen LogP contribution in [-0.2, 0) is 6.18 Å². The molecular weight excluding hydrogens is 507 g/mol. The Hall–Kier alpha value is -4.47. The van der Waals surface area contributed by atoms with Crippen molar-refractivity contribution in [3.05, 3.63) is 102 Å². The molecule has 0 saturated carbocycles. The lowest BCUT2D eigenvalue weighted by Crippen LogP contribution is -2.39. The number of carbonyl (C=O) groups is 2. The molecule has 200 valence electrons. The fourth-order valence-electron chi connectivity index (χ4n) is 4.67. The van der Waals surface area contributed by atoms with Gasteiger partial charge in [-0.2, -0.15) is 18.3 Å². The average Bonchev–Trinajstić information content (AvgIpc) is 3.41. The number of aromatic nitrogens is 3. The third-order valence-electron chi connectivity index (χ3n) is 6.82. The molecule has 1 fully saturated rings. The minimum atomic E-state index is -4.55. The zero-order valence-corrected chi connectivity index (χ0v) is 21.2. The van der Waals surface area contributed by atoms with Crippen molar-refractivity contribution in [3.63, 3.8) is 0 Å². The van der Waals surface area contributed by atoms with E-state index in [9.17, 15) is 22.8 Å². The van der Waals surface area contributed by atoms with Crippen LogP contribution in [0.15, 0.2) is 79.3 Å². The SMILES string of the molecule is Cc1ccc(-c2ccccc2C(=O)Nc2cnn(C3CCN(C(=O)c4ccc(C(F)(F)F)nc4)CC3)c2)cc1. The van der Waals surface area contributed by atoms with E-state index in [4.69, 9.17) is 0 Å². The molecule has 1 aliphatic rings. The zero-order chi connectivity index (χ0) is 27.6. The lowest BCUT2D eigenvalue weighted by atomic mass is 9.98. The van der Waals surface area contributed by atoms with Crippen LogP contribution < -0.4 is 5.32 Å². The predicted molar refractivity (Wildman–Crippen MR) is 140 cm³/mol. The van der Waals surface area contributed by atoms with Crippen LogP contribution in [-0.4, -0.2) is 44.6 Å². The maximum Gasteiger partial charge on any atom is 0.433 e. The molecule has 2 amide bonds. The number of anilines is 1. The largest absolute Gasteiger partial charge is 0.433 e. The number of piperidine rings is 1. The Morgan fingerprint density at radius 2 is 1.67 bits per heavy atom. The number of benzene rings is 2. The van der Waals surface area contributed by atoms with E-state index in [1.807, 2.05) is 49.4 Å². The van der Waals surface area contributed by atoms with Crippen molar-refractivity contribution in [1.82, 2.24) is 19.7 Å². The number of hydrogen-bond donors (Lipinski definition) is 1. The molecule has 4 aromatic rings. The van der Waals surface area contributed by atoms with Gasteiger partial charge < -0.3 is 10.2 Å². The molecule has 5 rings (SSSR count). The van der Waals surface area contributed by atoms with Crippen molar-refractivity contribution in [2.24, 2.45) is 0 Å². The number of likely N-dealkylation sites (tertiary alicyclic amines) is 1. The van der Waals surface area contributed by atoms with Crippen LogP contribution in [0, 0.1) is 6.92 Å². The molecule has 1 N–H and O–H groups in total. The summed E-state index contributed by atoms with van der Waals surface area (Å²) in [4.78, 5) is 30.9. The minimum absolute atomic E-state index is 0.0188. The van der Waals surface area contributed by atoms with Crippen molar-refractivity contribution >= 4 is 17.5 Å². The van der Waals surface area contributed by atoms with E-state index in [0.29, 0.717) is 37.2 Å². The Labute approximate surface area is 223 Å². The quantitative estimate of drug-likeness (QED) is 0.341. The van der Waals surface area contributed by atoms with Gasteiger partial charge >= 0.3 is 6.18 Å². The topological polar surface area (TPSA) is 80.1 Å². The highest BCUT2D eigenvalue weighted by Gasteiger charge is 2.33. The average molecular weight is 534 g/mol. The first-order valence-electron chi connectivity index (χ1n) is 12.5. The number of alkyl halides is 3. The Balaban J connectivity index is 1.20. The van der Waals surface area contributed by atoms with Crippen LogP contribution in [0.2, 0.25) is 0 Å². The fourth-order valence-corrected chi connectivity index (χ4v) is 4.67. The molecule has 0 atom stereocenters. The molecular formula is C29H26F3N5O2. The van der Waals surface area contributed by atoms with Crippen molar-refractivity contribution in [2.45, 2.75) is 32.0 Å². The molecule has 0 unspecified atom stereocenters. The molecule has 0 bridgehead atoms. The number of nitrogens with one attached hydrogen (secondary N) is 1. The normalized spacial score (nSPS) is 14.3. The summed E-state index contributed by atoms with van der Waals surface area (Å²) in [5.74, 6) is -0.591. The Bertz CT molecular complexity index is 1470. The van der Waals surface area contributed by atoms with Gasteiger partial charge in [0, 0.05) is 31.0 Å². The smallest absolute Gasteiger partial charge is 0.338 e. The van der Waals surface area contributed by atoms with Crippen LogP contribution >= 0.6 is 0 Å². The fraction of sp³-hybridized carbons (Fsp3) is 0.241. The van der Waals surface area contributed by atoms with E-state index < -0.39 is 11.9 Å². The number of carbonyl (C=O) groups excluding carboxylic acids is 2. The van der Waals surface area contributed by atoms with E-state index in [1.165, 1.54) is 0 Å². The molecule has 3 heterocycles. The maximum absolute atomic E-state index is 13.1. The minimum Gasteiger partial charge on any atom is -0.338 e. The Morgan fingerprint density at radius 1 is 0.949 bits per heavy atom. The van der Waals surface area contributed by atoms with E-state index in [-0.39, 0.29) is 23.4 Å². The van der Waals surface area contributed by atoms with E-state index in [2.05, 4.69) is 15.4 Å². The van der Waals surface area contributed by atoms with Gasteiger partial charge in [0.25, 0.3) is 11.8 Å². The monoisotopic (exact) mass is 533 g/mol. The van der Waals surface area contributed by atoms with Gasteiger partial charge in [0.2, 0.25) is 0 Å². The first kappa shape index (κ1) is 26.1. The summed E-state index contributed by atoms with van der Waals surface area (Å²) in [5.41, 5.74) is 3.14. The predicted octanol–water partition coefficient (Wildman–Crippen LogP) is 6.00. The number of aryl methyl sites for hydroxylation is 1. The van der Waals surface area contributed by atoms with Gasteiger partial charge in [0.05, 0.1) is 23.5 Å². The number of hydrogen-bond acceptors (Lipinski definition) is 4. The molecule has 1 saturated heterocycles. The molecule has 0 radical (unpaired) electrons. The zero-order valence-electron chi connectivity index (χ0n) is 21.2. The molecule has 2 aromatic carbocycles. The van der Waals surface area contributed by atoms with Crippen LogP contribution in [0.5, 0.6) is 0 Å². The maximum atomic E-state index is 13.1. The second-order valence-corrected chi connectivity index (χ2v) is 9.53. The Morgan fingerprint density at radius 3 is 2.33 bits per heavy atom. The van der Waals surface area contributed by atoms with E-state index in [1.54, 1.807) is 28.0 Å². The number of amides is 2. The number of nitrogens with zero attached hydrogens (tertiary/aromatic N) is 4. The van der Waals surface area contributed by atoms with Gasteiger partial charge in [-0.05, 0) is 49.1 Å². The van der Waals surface area contributed by atoms with Gasteiger partial charge in [-0.15, -0.1) is 0 Å². The summed E-state index contributed by atoms with van der Waals surface area (Å²) in [6.07, 6.45) is 1.02. The first-order valence-corrected chi connectivity index (χ1v) is 12.5. The molecule has 2 aromatic heterocycles. The van der Waals surface area contributed by atoms with Gasteiger partial charge in [-0.25, -0.2) is 0 Å². The lowest BCUT2D eigenvalue weighted by Gasteiger charge is -2.32. The van der Waals surface area contributed by atoms with Gasteiger partial charge in [-0.3, -0.25) is 19.3 Å². The number of pyridine rings is 1. The standard InChI is InChI=1S/C29H26F3N5O2/c1-19-6-8-20(9-7-19)24-4-2-3-5-25(24)27(38)35-22-17-34-37(18-22)23-12-14-36(15-13-23)28(39)21-10-11-26(33-16-21)29(30,31)32/h2-11,16-18,23H,12-15H2,1H3,(H,35,38). The highest BCUT2D eigenvalue weighted by molar-refractivity contribution is 6.08. The summed E-state index contributed by atoms with van der Waals surface area (Å²) in [7, 11) is 0. The van der Waals surface area contributed by atoms with Crippen molar-refractivity contribution in [3.8, 4) is 11.1 Å². The second kappa shape index (κ2) is 10.7. The van der Waals surface area contributed by atoms with E-state index in [0.717, 1.165) is 35.0 Å². The Kier molecular flexibility index (Phi) is 7.19. The summed E-state index contributed by atoms with van der Waals surface area (Å²) in [5, 5.41) is 7.35. The van der Waals surface area contributed by atoms with Crippen molar-refractivity contribution in [2.75, 3.05) is 18.4 Å². The van der Waals surface area contributed by atoms with Crippen LogP contribution in [0.3, 0.4) is 0 Å². The number of rotatable bonds is 5. The lowest BCUT2D eigenvalue weighted by molar-refractivity contribution is -0.141. The van der Waals surface area contributed by atoms with Crippen molar-refractivity contribution in [1.29, 1.82) is 0 Å². The van der Waals surface area contributed by atoms with Crippen LogP contribution in [0.25, 0.3) is 11.1 Å². The molecule has 7 nitrogen and oxygen atoms in total. The highest BCUT2D eigenvalue weighted by atomic mass is 19.4.